The molecule has 5 heteroatoms. The van der Waals surface area contributed by atoms with Gasteiger partial charge in [0, 0.05) is 17.8 Å². The molecule has 1 N–H and O–H groups in total. The Bertz CT molecular complexity index is 627. The number of aromatic nitrogens is 1. The fraction of sp³-hybridized carbons (Fsp3) is 0.250. The number of aryl methyl sites for hydroxylation is 2. The lowest BCUT2D eigenvalue weighted by atomic mass is 10.2. The highest BCUT2D eigenvalue weighted by Gasteiger charge is 2.08. The first-order valence-electron chi connectivity index (χ1n) is 6.67. The van der Waals surface area contributed by atoms with Gasteiger partial charge < -0.3 is 10.1 Å². The van der Waals surface area contributed by atoms with Crippen molar-refractivity contribution in [2.24, 2.45) is 0 Å². The summed E-state index contributed by atoms with van der Waals surface area (Å²) in [6.45, 7) is 2.67. The summed E-state index contributed by atoms with van der Waals surface area (Å²) in [6.07, 6.45) is 4.33. The number of nitrogens with one attached hydrogen (secondary N) is 1. The Morgan fingerprint density at radius 1 is 1.29 bits per heavy atom. The summed E-state index contributed by atoms with van der Waals surface area (Å²) in [5.41, 5.74) is 1.86. The number of methoxy groups -OCH3 is 1. The molecule has 0 saturated carbocycles. The van der Waals surface area contributed by atoms with Gasteiger partial charge in [0.2, 0.25) is 5.91 Å². The molecule has 0 radical (unpaired) electrons. The zero-order valence-electron chi connectivity index (χ0n) is 12.1. The molecule has 0 aliphatic carbocycles. The lowest BCUT2D eigenvalue weighted by Crippen LogP contribution is -2.34. The molecule has 2 aromatic rings. The summed E-state index contributed by atoms with van der Waals surface area (Å²) in [5, 5.41) is 3.30. The van der Waals surface area contributed by atoms with E-state index in [4.69, 9.17) is 16.3 Å². The van der Waals surface area contributed by atoms with Gasteiger partial charge in [-0.2, -0.15) is 0 Å². The van der Waals surface area contributed by atoms with Gasteiger partial charge in [-0.15, -0.1) is 0 Å². The summed E-state index contributed by atoms with van der Waals surface area (Å²) < 4.78 is 7.05. The SMILES string of the molecule is COc1ccc(NC(=O)CC[n+]2ccc(C)cc2)cc1Cl. The van der Waals surface area contributed by atoms with Crippen molar-refractivity contribution in [3.05, 3.63) is 53.3 Å². The highest BCUT2D eigenvalue weighted by atomic mass is 35.5. The zero-order valence-corrected chi connectivity index (χ0v) is 12.9. The molecule has 0 atom stereocenters. The largest absolute Gasteiger partial charge is 0.495 e. The van der Waals surface area contributed by atoms with Crippen LogP contribution in [-0.4, -0.2) is 13.0 Å². The van der Waals surface area contributed by atoms with E-state index in [-0.39, 0.29) is 5.91 Å². The van der Waals surface area contributed by atoms with Gasteiger partial charge in [0.15, 0.2) is 18.9 Å². The van der Waals surface area contributed by atoms with E-state index >= 15 is 0 Å². The van der Waals surface area contributed by atoms with Crippen LogP contribution in [0.5, 0.6) is 5.75 Å². The number of anilines is 1. The summed E-state index contributed by atoms with van der Waals surface area (Å²) in [6, 6.07) is 9.20. The third-order valence-corrected chi connectivity index (χ3v) is 3.39. The van der Waals surface area contributed by atoms with E-state index < -0.39 is 0 Å². The van der Waals surface area contributed by atoms with Gasteiger partial charge in [0.05, 0.1) is 18.6 Å². The first kappa shape index (κ1) is 15.3. The fourth-order valence-electron chi connectivity index (χ4n) is 1.88. The standard InChI is InChI=1S/C16H17ClN2O2/c1-12-5-8-19(9-6-12)10-7-16(20)18-13-3-4-15(21-2)14(17)11-13/h3-6,8-9,11H,7,10H2,1-2H3/p+1. The summed E-state index contributed by atoms with van der Waals surface area (Å²) >= 11 is 6.02. The number of hydrogen-bond acceptors (Lipinski definition) is 2. The van der Waals surface area contributed by atoms with Crippen LogP contribution in [0.2, 0.25) is 5.02 Å². The van der Waals surface area contributed by atoms with Crippen LogP contribution in [0.3, 0.4) is 0 Å². The van der Waals surface area contributed by atoms with Crippen LogP contribution in [0.1, 0.15) is 12.0 Å². The Morgan fingerprint density at radius 3 is 2.62 bits per heavy atom. The average molecular weight is 306 g/mol. The summed E-state index contributed by atoms with van der Waals surface area (Å²) in [7, 11) is 1.55. The third-order valence-electron chi connectivity index (χ3n) is 3.09. The minimum Gasteiger partial charge on any atom is -0.495 e. The van der Waals surface area contributed by atoms with E-state index in [1.54, 1.807) is 25.3 Å². The van der Waals surface area contributed by atoms with E-state index in [2.05, 4.69) is 5.32 Å². The maximum atomic E-state index is 11.9. The molecular weight excluding hydrogens is 288 g/mol. The van der Waals surface area contributed by atoms with Gasteiger partial charge in [-0.3, -0.25) is 4.79 Å². The minimum absolute atomic E-state index is 0.0516. The van der Waals surface area contributed by atoms with E-state index in [1.807, 2.05) is 36.0 Å². The highest BCUT2D eigenvalue weighted by Crippen LogP contribution is 2.27. The van der Waals surface area contributed by atoms with Crippen molar-refractivity contribution in [2.45, 2.75) is 19.9 Å². The number of carbonyl (C=O) groups excluding carboxylic acids is 1. The predicted octanol–water partition coefficient (Wildman–Crippen LogP) is 2.97. The second kappa shape index (κ2) is 7.09. The van der Waals surface area contributed by atoms with Crippen molar-refractivity contribution in [1.29, 1.82) is 0 Å². The molecule has 0 aliphatic heterocycles. The molecule has 0 fully saturated rings. The number of amides is 1. The normalized spacial score (nSPS) is 10.2. The minimum atomic E-state index is -0.0516. The highest BCUT2D eigenvalue weighted by molar-refractivity contribution is 6.32. The van der Waals surface area contributed by atoms with Crippen LogP contribution in [0.4, 0.5) is 5.69 Å². The van der Waals surface area contributed by atoms with Crippen LogP contribution in [0.15, 0.2) is 42.7 Å². The predicted molar refractivity (Wildman–Crippen MR) is 82.6 cm³/mol. The first-order valence-corrected chi connectivity index (χ1v) is 7.05. The van der Waals surface area contributed by atoms with Crippen molar-refractivity contribution in [3.63, 3.8) is 0 Å². The third kappa shape index (κ3) is 4.46. The first-order chi connectivity index (χ1) is 10.1. The van der Waals surface area contributed by atoms with Gasteiger partial charge in [-0.1, -0.05) is 11.6 Å². The summed E-state index contributed by atoms with van der Waals surface area (Å²) in [4.78, 5) is 11.9. The molecule has 1 aromatic carbocycles. The molecule has 0 spiro atoms. The number of nitrogens with zero attached hydrogens (tertiary/aromatic N) is 1. The van der Waals surface area contributed by atoms with Gasteiger partial charge >= 0.3 is 0 Å². The number of hydrogen-bond donors (Lipinski definition) is 1. The van der Waals surface area contributed by atoms with E-state index in [0.717, 1.165) is 0 Å². The summed E-state index contributed by atoms with van der Waals surface area (Å²) in [5.74, 6) is 0.536. The van der Waals surface area contributed by atoms with E-state index in [9.17, 15) is 4.79 Å². The number of halogens is 1. The number of benzene rings is 1. The molecule has 1 heterocycles. The second-order valence-corrected chi connectivity index (χ2v) is 5.17. The molecule has 0 unspecified atom stereocenters. The van der Waals surface area contributed by atoms with Gasteiger partial charge in [-0.05, 0) is 30.7 Å². The smallest absolute Gasteiger partial charge is 0.230 e. The zero-order chi connectivity index (χ0) is 15.2. The van der Waals surface area contributed by atoms with Crippen molar-refractivity contribution >= 4 is 23.2 Å². The average Bonchev–Trinajstić information content (AvgIpc) is 2.47. The van der Waals surface area contributed by atoms with Crippen molar-refractivity contribution in [1.82, 2.24) is 0 Å². The number of pyridine rings is 1. The van der Waals surface area contributed by atoms with Gasteiger partial charge in [0.25, 0.3) is 0 Å². The lowest BCUT2D eigenvalue weighted by Gasteiger charge is -2.07. The monoisotopic (exact) mass is 305 g/mol. The van der Waals surface area contributed by atoms with Crippen LogP contribution >= 0.6 is 11.6 Å². The van der Waals surface area contributed by atoms with Crippen LogP contribution in [-0.2, 0) is 11.3 Å². The number of rotatable bonds is 5. The Hall–Kier alpha value is -2.07. The Morgan fingerprint density at radius 2 is 2.00 bits per heavy atom. The van der Waals surface area contributed by atoms with Crippen LogP contribution in [0, 0.1) is 6.92 Å². The maximum absolute atomic E-state index is 11.9. The van der Waals surface area contributed by atoms with E-state index in [0.29, 0.717) is 29.4 Å². The van der Waals surface area contributed by atoms with Crippen molar-refractivity contribution in [3.8, 4) is 5.75 Å². The Labute approximate surface area is 129 Å². The molecule has 110 valence electrons. The molecule has 21 heavy (non-hydrogen) atoms. The quantitative estimate of drug-likeness (QED) is 0.863. The second-order valence-electron chi connectivity index (χ2n) is 4.76. The van der Waals surface area contributed by atoms with Crippen LogP contribution < -0.4 is 14.6 Å². The lowest BCUT2D eigenvalue weighted by molar-refractivity contribution is -0.695. The molecule has 0 bridgehead atoms. The molecule has 0 aliphatic rings. The van der Waals surface area contributed by atoms with Crippen LogP contribution in [0.25, 0.3) is 0 Å². The molecular formula is C16H18ClN2O2+. The molecule has 0 saturated heterocycles. The van der Waals surface area contributed by atoms with Gasteiger partial charge in [-0.25, -0.2) is 4.57 Å². The molecule has 1 aromatic heterocycles. The molecule has 2 rings (SSSR count). The van der Waals surface area contributed by atoms with E-state index in [1.165, 1.54) is 5.56 Å². The van der Waals surface area contributed by atoms with Crippen molar-refractivity contribution < 1.29 is 14.1 Å². The van der Waals surface area contributed by atoms with Crippen molar-refractivity contribution in [2.75, 3.05) is 12.4 Å². The molecule has 4 nitrogen and oxygen atoms in total. The Kier molecular flexibility index (Phi) is 5.17. The Balaban J connectivity index is 1.89. The topological polar surface area (TPSA) is 42.2 Å². The fourth-order valence-corrected chi connectivity index (χ4v) is 2.14. The van der Waals surface area contributed by atoms with Gasteiger partial charge in [0.1, 0.15) is 5.75 Å². The molecule has 1 amide bonds. The number of ether oxygens (including phenoxy) is 1. The number of carbonyl (C=O) groups is 1. The maximum Gasteiger partial charge on any atom is 0.230 e.